The molecule has 0 radical (unpaired) electrons. The fraction of sp³-hybridized carbons (Fsp3) is 0.333. The van der Waals surface area contributed by atoms with Crippen LogP contribution in [-0.2, 0) is 11.3 Å². The molecule has 5 nitrogen and oxygen atoms in total. The highest BCUT2D eigenvalue weighted by molar-refractivity contribution is 5.76. The maximum Gasteiger partial charge on any atom is 0.221 e. The molecule has 0 saturated heterocycles. The van der Waals surface area contributed by atoms with E-state index in [0.29, 0.717) is 13.0 Å². The van der Waals surface area contributed by atoms with Gasteiger partial charge in [-0.25, -0.2) is 9.07 Å². The van der Waals surface area contributed by atoms with Gasteiger partial charge in [-0.2, -0.15) is 5.10 Å². The molecule has 1 heterocycles. The minimum atomic E-state index is -0.286. The molecule has 1 aromatic heterocycles. The fourth-order valence-electron chi connectivity index (χ4n) is 1.95. The Kier molecular flexibility index (Phi) is 4.70. The molecular weight excluding hydrogens is 271 g/mol. The molecule has 6 heteroatoms. The van der Waals surface area contributed by atoms with Gasteiger partial charge in [0.05, 0.1) is 11.4 Å². The van der Waals surface area contributed by atoms with Crippen LogP contribution >= 0.6 is 0 Å². The molecule has 112 valence electrons. The van der Waals surface area contributed by atoms with E-state index in [1.54, 1.807) is 23.7 Å². The average Bonchev–Trinajstić information content (AvgIpc) is 2.78. The number of halogens is 1. The van der Waals surface area contributed by atoms with Crippen LogP contribution in [0.5, 0.6) is 0 Å². The lowest BCUT2D eigenvalue weighted by Gasteiger charge is -2.06. The molecule has 2 rings (SSSR count). The maximum atomic E-state index is 12.9. The molecule has 1 atom stereocenters. The molecule has 3 N–H and O–H groups in total. The predicted octanol–water partition coefficient (Wildman–Crippen LogP) is 1.67. The van der Waals surface area contributed by atoms with Gasteiger partial charge in [0.1, 0.15) is 5.82 Å². The SMILES string of the molecule is Cc1nn(-c2ccc(F)cc2)cc1CNC(=O)CC(C)N. The number of nitrogens with two attached hydrogens (primary N) is 1. The summed E-state index contributed by atoms with van der Waals surface area (Å²) in [5.41, 5.74) is 8.08. The van der Waals surface area contributed by atoms with Gasteiger partial charge in [-0.15, -0.1) is 0 Å². The van der Waals surface area contributed by atoms with Crippen molar-refractivity contribution in [1.29, 1.82) is 0 Å². The van der Waals surface area contributed by atoms with Crippen LogP contribution < -0.4 is 11.1 Å². The first-order valence-electron chi connectivity index (χ1n) is 6.79. The van der Waals surface area contributed by atoms with Crippen molar-refractivity contribution in [2.45, 2.75) is 32.9 Å². The molecule has 2 aromatic rings. The van der Waals surface area contributed by atoms with Gasteiger partial charge in [0, 0.05) is 30.8 Å². The number of hydrogen-bond acceptors (Lipinski definition) is 3. The van der Waals surface area contributed by atoms with Gasteiger partial charge in [-0.05, 0) is 38.1 Å². The zero-order valence-electron chi connectivity index (χ0n) is 12.1. The number of hydrogen-bond donors (Lipinski definition) is 2. The Morgan fingerprint density at radius 3 is 2.71 bits per heavy atom. The summed E-state index contributed by atoms with van der Waals surface area (Å²) in [6.07, 6.45) is 2.12. The van der Waals surface area contributed by atoms with Crippen molar-refractivity contribution in [2.24, 2.45) is 5.73 Å². The average molecular weight is 290 g/mol. The summed E-state index contributed by atoms with van der Waals surface area (Å²) < 4.78 is 14.6. The lowest BCUT2D eigenvalue weighted by Crippen LogP contribution is -2.29. The topological polar surface area (TPSA) is 72.9 Å². The van der Waals surface area contributed by atoms with Crippen molar-refractivity contribution in [3.63, 3.8) is 0 Å². The van der Waals surface area contributed by atoms with E-state index >= 15 is 0 Å². The van der Waals surface area contributed by atoms with E-state index in [0.717, 1.165) is 16.9 Å². The summed E-state index contributed by atoms with van der Waals surface area (Å²) in [5, 5.41) is 7.18. The molecule has 0 spiro atoms. The molecule has 1 aromatic carbocycles. The Balaban J connectivity index is 2.05. The summed E-state index contributed by atoms with van der Waals surface area (Å²) in [5.74, 6) is -0.370. The van der Waals surface area contributed by atoms with Gasteiger partial charge in [-0.1, -0.05) is 0 Å². The third-order valence-corrected chi connectivity index (χ3v) is 3.08. The van der Waals surface area contributed by atoms with E-state index in [1.165, 1.54) is 12.1 Å². The number of amides is 1. The Morgan fingerprint density at radius 1 is 1.43 bits per heavy atom. The first kappa shape index (κ1) is 15.2. The molecule has 0 aliphatic rings. The van der Waals surface area contributed by atoms with Crippen LogP contribution in [0, 0.1) is 12.7 Å². The Morgan fingerprint density at radius 2 is 2.10 bits per heavy atom. The van der Waals surface area contributed by atoms with Crippen LogP contribution in [0.25, 0.3) is 5.69 Å². The van der Waals surface area contributed by atoms with Crippen LogP contribution in [-0.4, -0.2) is 21.7 Å². The van der Waals surface area contributed by atoms with E-state index in [1.807, 2.05) is 13.1 Å². The Hall–Kier alpha value is -2.21. The molecule has 0 aliphatic heterocycles. The minimum Gasteiger partial charge on any atom is -0.352 e. The van der Waals surface area contributed by atoms with Crippen molar-refractivity contribution in [2.75, 3.05) is 0 Å². The van der Waals surface area contributed by atoms with Crippen LogP contribution in [0.2, 0.25) is 0 Å². The van der Waals surface area contributed by atoms with E-state index in [9.17, 15) is 9.18 Å². The summed E-state index contributed by atoms with van der Waals surface area (Å²) in [4.78, 5) is 11.6. The van der Waals surface area contributed by atoms with Crippen LogP contribution in [0.4, 0.5) is 4.39 Å². The number of benzene rings is 1. The zero-order valence-corrected chi connectivity index (χ0v) is 12.1. The first-order chi connectivity index (χ1) is 9.95. The van der Waals surface area contributed by atoms with Gasteiger partial charge < -0.3 is 11.1 Å². The second-order valence-electron chi connectivity index (χ2n) is 5.12. The maximum absolute atomic E-state index is 12.9. The van der Waals surface area contributed by atoms with Gasteiger partial charge in [0.25, 0.3) is 0 Å². The highest BCUT2D eigenvalue weighted by Crippen LogP contribution is 2.12. The smallest absolute Gasteiger partial charge is 0.221 e. The molecule has 0 bridgehead atoms. The van der Waals surface area contributed by atoms with Gasteiger partial charge in [0.2, 0.25) is 5.91 Å². The van der Waals surface area contributed by atoms with Crippen molar-refractivity contribution in [3.8, 4) is 5.69 Å². The van der Waals surface area contributed by atoms with Gasteiger partial charge >= 0.3 is 0 Å². The fourth-order valence-corrected chi connectivity index (χ4v) is 1.95. The quantitative estimate of drug-likeness (QED) is 0.880. The van der Waals surface area contributed by atoms with Crippen LogP contribution in [0.3, 0.4) is 0 Å². The summed E-state index contributed by atoms with van der Waals surface area (Å²) in [6.45, 7) is 4.06. The number of nitrogens with zero attached hydrogens (tertiary/aromatic N) is 2. The monoisotopic (exact) mass is 290 g/mol. The number of carbonyl (C=O) groups is 1. The molecule has 1 amide bonds. The van der Waals surface area contributed by atoms with Crippen molar-refractivity contribution < 1.29 is 9.18 Å². The third kappa shape index (κ3) is 4.13. The predicted molar refractivity (Wildman–Crippen MR) is 78.4 cm³/mol. The third-order valence-electron chi connectivity index (χ3n) is 3.08. The van der Waals surface area contributed by atoms with Gasteiger partial charge in [-0.3, -0.25) is 4.79 Å². The first-order valence-corrected chi connectivity index (χ1v) is 6.79. The lowest BCUT2D eigenvalue weighted by molar-refractivity contribution is -0.121. The van der Waals surface area contributed by atoms with Crippen LogP contribution in [0.15, 0.2) is 30.5 Å². The van der Waals surface area contributed by atoms with Crippen molar-refractivity contribution in [1.82, 2.24) is 15.1 Å². The number of rotatable bonds is 5. The van der Waals surface area contributed by atoms with E-state index in [4.69, 9.17) is 5.73 Å². The lowest BCUT2D eigenvalue weighted by atomic mass is 10.2. The molecule has 0 fully saturated rings. The second kappa shape index (κ2) is 6.49. The molecule has 0 aliphatic carbocycles. The molecular formula is C15H19FN4O. The largest absolute Gasteiger partial charge is 0.352 e. The highest BCUT2D eigenvalue weighted by Gasteiger charge is 2.09. The molecule has 0 saturated carbocycles. The van der Waals surface area contributed by atoms with E-state index in [-0.39, 0.29) is 17.8 Å². The second-order valence-corrected chi connectivity index (χ2v) is 5.12. The number of nitrogens with one attached hydrogen (secondary N) is 1. The van der Waals surface area contributed by atoms with Gasteiger partial charge in [0.15, 0.2) is 0 Å². The standard InChI is InChI=1S/C15H19FN4O/c1-10(17)7-15(21)18-8-12-9-20(19-11(12)2)14-5-3-13(16)4-6-14/h3-6,9-10H,7-8,17H2,1-2H3,(H,18,21). The summed E-state index contributed by atoms with van der Waals surface area (Å²) in [7, 11) is 0. The van der Waals surface area contributed by atoms with E-state index in [2.05, 4.69) is 10.4 Å². The normalized spacial score (nSPS) is 12.2. The van der Waals surface area contributed by atoms with Crippen LogP contribution in [0.1, 0.15) is 24.6 Å². The van der Waals surface area contributed by atoms with Crippen molar-refractivity contribution >= 4 is 5.91 Å². The highest BCUT2D eigenvalue weighted by atomic mass is 19.1. The van der Waals surface area contributed by atoms with Crippen molar-refractivity contribution in [3.05, 3.63) is 47.5 Å². The number of aryl methyl sites for hydroxylation is 1. The summed E-state index contributed by atoms with van der Waals surface area (Å²) >= 11 is 0. The zero-order chi connectivity index (χ0) is 15.4. The molecule has 1 unspecified atom stereocenters. The Bertz CT molecular complexity index is 619. The Labute approximate surface area is 123 Å². The number of aromatic nitrogens is 2. The number of carbonyl (C=O) groups excluding carboxylic acids is 1. The van der Waals surface area contributed by atoms with E-state index < -0.39 is 0 Å². The molecule has 21 heavy (non-hydrogen) atoms. The minimum absolute atomic E-state index is 0.0843. The summed E-state index contributed by atoms with van der Waals surface area (Å²) in [6, 6.07) is 5.92.